The van der Waals surface area contributed by atoms with Crippen LogP contribution in [0, 0.1) is 6.92 Å². The molecule has 1 aromatic rings. The highest BCUT2D eigenvalue weighted by molar-refractivity contribution is 6.62. The molecule has 1 N–H and O–H groups in total. The average Bonchev–Trinajstić information content (AvgIpc) is 2.39. The average molecular weight is 266 g/mol. The molecule has 0 aliphatic carbocycles. The number of hydrogen-bond donors (Lipinski definition) is 1. The van der Waals surface area contributed by atoms with E-state index in [1.165, 1.54) is 27.8 Å². The Labute approximate surface area is 124 Å². The van der Waals surface area contributed by atoms with Gasteiger partial charge in [0.1, 0.15) is 0 Å². The van der Waals surface area contributed by atoms with Crippen molar-refractivity contribution < 1.29 is 0 Å². The molecule has 105 valence electrons. The lowest BCUT2D eigenvalue weighted by Gasteiger charge is -2.12. The highest BCUT2D eigenvalue weighted by Gasteiger charge is 2.04. The van der Waals surface area contributed by atoms with Crippen molar-refractivity contribution in [1.82, 2.24) is 0 Å². The van der Waals surface area contributed by atoms with Gasteiger partial charge in [0.05, 0.1) is 0 Å². The minimum Gasteiger partial charge on any atom is -0.382 e. The van der Waals surface area contributed by atoms with Crippen LogP contribution in [0.2, 0.25) is 0 Å². The molecule has 0 saturated carbocycles. The van der Waals surface area contributed by atoms with Gasteiger partial charge in [0.25, 0.3) is 0 Å². The Hall–Kier alpha value is -1.70. The van der Waals surface area contributed by atoms with Crippen LogP contribution in [0.15, 0.2) is 53.5 Å². The monoisotopic (exact) mass is 266 g/mol. The quantitative estimate of drug-likeness (QED) is 0.462. The molecule has 1 nitrogen and oxygen atoms in total. The van der Waals surface area contributed by atoms with Crippen LogP contribution >= 0.6 is 0 Å². The molecule has 20 heavy (non-hydrogen) atoms. The summed E-state index contributed by atoms with van der Waals surface area (Å²) < 4.78 is 0. The van der Waals surface area contributed by atoms with Gasteiger partial charge in [-0.25, -0.2) is 0 Å². The first-order chi connectivity index (χ1) is 9.52. The van der Waals surface area contributed by atoms with Gasteiger partial charge in [0.2, 0.25) is 0 Å². The summed E-state index contributed by atoms with van der Waals surface area (Å²) in [5.74, 6) is 0. The number of anilines is 1. The number of rotatable bonds is 6. The minimum absolute atomic E-state index is 0.859. The van der Waals surface area contributed by atoms with Crippen molar-refractivity contribution in [3.63, 3.8) is 0 Å². The third kappa shape index (κ3) is 5.96. The first-order valence-electron chi connectivity index (χ1n) is 7.15. The first-order valence-corrected chi connectivity index (χ1v) is 7.15. The van der Waals surface area contributed by atoms with E-state index in [9.17, 15) is 0 Å². The summed E-state index contributed by atoms with van der Waals surface area (Å²) in [6.07, 6.45) is 8.49. The van der Waals surface area contributed by atoms with Gasteiger partial charge in [-0.15, -0.1) is 5.47 Å². The molecule has 0 heterocycles. The minimum atomic E-state index is 0.859. The molecule has 0 spiro atoms. The smallest absolute Gasteiger partial charge is 0.188 e. The van der Waals surface area contributed by atoms with Crippen LogP contribution in [-0.4, -0.2) is 13.8 Å². The molecule has 0 amide bonds. The zero-order valence-electron chi connectivity index (χ0n) is 13.3. The van der Waals surface area contributed by atoms with Crippen LogP contribution < -0.4 is 10.8 Å². The Morgan fingerprint density at radius 2 is 1.95 bits per heavy atom. The lowest BCUT2D eigenvalue weighted by atomic mass is 9.63. The fourth-order valence-corrected chi connectivity index (χ4v) is 1.83. The lowest BCUT2D eigenvalue weighted by Crippen LogP contribution is -2.21. The van der Waals surface area contributed by atoms with E-state index >= 15 is 0 Å². The van der Waals surface area contributed by atoms with E-state index in [0.717, 1.165) is 6.54 Å². The molecule has 1 radical (unpaired) electrons. The largest absolute Gasteiger partial charge is 0.382 e. The predicted molar refractivity (Wildman–Crippen MR) is 93.1 cm³/mol. The molecule has 0 atom stereocenters. The summed E-state index contributed by atoms with van der Waals surface area (Å²) in [7, 11) is 2.22. The van der Waals surface area contributed by atoms with Crippen molar-refractivity contribution in [2.75, 3.05) is 11.9 Å². The Morgan fingerprint density at radius 1 is 1.20 bits per heavy atom. The van der Waals surface area contributed by atoms with Crippen molar-refractivity contribution >= 4 is 18.4 Å². The number of benzene rings is 1. The standard InChI is InChI=1S/C18H25BN/c1-6-7-12-20-18-13-15(4)9-11-17(18)19-16(5)10-8-14(2)3/h6-11,13,20H,12H2,1-5H3/b7-6-,16-10+. The van der Waals surface area contributed by atoms with Crippen LogP contribution in [0.4, 0.5) is 5.69 Å². The highest BCUT2D eigenvalue weighted by atomic mass is 14.9. The van der Waals surface area contributed by atoms with Crippen LogP contribution in [0.5, 0.6) is 0 Å². The Balaban J connectivity index is 2.88. The molecule has 0 aliphatic rings. The molecule has 2 heteroatoms. The summed E-state index contributed by atoms with van der Waals surface area (Å²) in [5.41, 5.74) is 6.26. The predicted octanol–water partition coefficient (Wildman–Crippen LogP) is 4.18. The molecule has 0 aliphatic heterocycles. The van der Waals surface area contributed by atoms with Crippen LogP contribution in [-0.2, 0) is 0 Å². The van der Waals surface area contributed by atoms with Crippen LogP contribution in [0.3, 0.4) is 0 Å². The summed E-state index contributed by atoms with van der Waals surface area (Å²) >= 11 is 0. The number of nitrogens with one attached hydrogen (secondary N) is 1. The fourth-order valence-electron chi connectivity index (χ4n) is 1.83. The van der Waals surface area contributed by atoms with Crippen molar-refractivity contribution in [1.29, 1.82) is 0 Å². The van der Waals surface area contributed by atoms with Gasteiger partial charge >= 0.3 is 0 Å². The Morgan fingerprint density at radius 3 is 2.60 bits per heavy atom. The maximum atomic E-state index is 3.46. The zero-order chi connectivity index (χ0) is 15.0. The topological polar surface area (TPSA) is 12.0 Å². The van der Waals surface area contributed by atoms with E-state index in [-0.39, 0.29) is 0 Å². The maximum absolute atomic E-state index is 3.46. The van der Waals surface area contributed by atoms with Gasteiger partial charge in [0, 0.05) is 12.2 Å². The molecular weight excluding hydrogens is 241 g/mol. The lowest BCUT2D eigenvalue weighted by molar-refractivity contribution is 1.32. The second-order valence-corrected chi connectivity index (χ2v) is 5.34. The van der Waals surface area contributed by atoms with Crippen molar-refractivity contribution in [2.24, 2.45) is 0 Å². The van der Waals surface area contributed by atoms with Crippen LogP contribution in [0.25, 0.3) is 0 Å². The van der Waals surface area contributed by atoms with Crippen LogP contribution in [0.1, 0.15) is 33.3 Å². The van der Waals surface area contributed by atoms with E-state index in [0.29, 0.717) is 0 Å². The number of hydrogen-bond acceptors (Lipinski definition) is 1. The van der Waals surface area contributed by atoms with Crippen molar-refractivity contribution in [3.8, 4) is 0 Å². The highest BCUT2D eigenvalue weighted by Crippen LogP contribution is 2.08. The maximum Gasteiger partial charge on any atom is 0.188 e. The number of aryl methyl sites for hydroxylation is 1. The summed E-state index contributed by atoms with van der Waals surface area (Å²) in [6.45, 7) is 11.4. The molecule has 0 aromatic heterocycles. The second-order valence-electron chi connectivity index (χ2n) is 5.34. The van der Waals surface area contributed by atoms with E-state index < -0.39 is 0 Å². The molecule has 1 rings (SSSR count). The molecule has 1 aromatic carbocycles. The Bertz CT molecular complexity index is 520. The second kappa shape index (κ2) is 8.47. The SMILES string of the molecule is C/C=C\CNc1cc(C)ccc1[B]/C(C)=C/C=C(C)C. The summed E-state index contributed by atoms with van der Waals surface area (Å²) in [4.78, 5) is 0. The molecule has 0 unspecified atom stereocenters. The van der Waals surface area contributed by atoms with Gasteiger partial charge in [0.15, 0.2) is 7.28 Å². The van der Waals surface area contributed by atoms with Gasteiger partial charge in [-0.3, -0.25) is 0 Å². The summed E-state index contributed by atoms with van der Waals surface area (Å²) in [6, 6.07) is 6.53. The van der Waals surface area contributed by atoms with E-state index in [1.807, 2.05) is 6.92 Å². The first kappa shape index (κ1) is 16.4. The van der Waals surface area contributed by atoms with Gasteiger partial charge in [-0.2, -0.15) is 0 Å². The Kier molecular flexibility index (Phi) is 6.93. The molecular formula is C18H25BN. The zero-order valence-corrected chi connectivity index (χ0v) is 13.3. The molecule has 0 saturated heterocycles. The normalized spacial score (nSPS) is 11.6. The van der Waals surface area contributed by atoms with E-state index in [4.69, 9.17) is 0 Å². The van der Waals surface area contributed by atoms with Gasteiger partial charge in [-0.1, -0.05) is 54.4 Å². The molecule has 0 bridgehead atoms. The fraction of sp³-hybridized carbons (Fsp3) is 0.333. The third-order valence-electron chi connectivity index (χ3n) is 2.92. The van der Waals surface area contributed by atoms with E-state index in [1.54, 1.807) is 0 Å². The summed E-state index contributed by atoms with van der Waals surface area (Å²) in [5, 5.41) is 3.46. The number of allylic oxidation sites excluding steroid dienone is 5. The van der Waals surface area contributed by atoms with Crippen molar-refractivity contribution in [3.05, 3.63) is 59.1 Å². The third-order valence-corrected chi connectivity index (χ3v) is 2.92. The molecule has 0 fully saturated rings. The van der Waals surface area contributed by atoms with Gasteiger partial charge in [-0.05, 0) is 39.3 Å². The van der Waals surface area contributed by atoms with Gasteiger partial charge < -0.3 is 5.32 Å². The van der Waals surface area contributed by atoms with E-state index in [2.05, 4.69) is 82.8 Å². The van der Waals surface area contributed by atoms with Crippen molar-refractivity contribution in [2.45, 2.75) is 34.6 Å².